The number of likely N-dealkylation sites (tertiary alicyclic amines) is 1. The number of carbonyl (C=O) groups excluding carboxylic acids is 4. The molecule has 3 saturated heterocycles. The van der Waals surface area contributed by atoms with Gasteiger partial charge in [0.1, 0.15) is 64.7 Å². The maximum Gasteiger partial charge on any atom is 0.246 e. The summed E-state index contributed by atoms with van der Waals surface area (Å²) in [5.74, 6) is 8.94. The Hall–Kier alpha value is -12.9. The van der Waals surface area contributed by atoms with E-state index in [0.717, 1.165) is 104 Å². The molecule has 5 aliphatic rings. The van der Waals surface area contributed by atoms with E-state index in [1.54, 1.807) is 123 Å². The third kappa shape index (κ3) is 20.2. The number of rotatable bonds is 30. The summed E-state index contributed by atoms with van der Waals surface area (Å²) in [4.78, 5) is 76.6. The molecule has 121 heavy (non-hydrogen) atoms. The second-order valence-corrected chi connectivity index (χ2v) is 29.4. The molecule has 13 N–H and O–H groups in total. The minimum atomic E-state index is -0.503. The molecule has 0 spiro atoms. The number of primary amides is 3. The number of fused-ring (bicyclic) bond motifs is 3. The van der Waals surface area contributed by atoms with Crippen LogP contribution in [0.5, 0.6) is 51.7 Å². The highest BCUT2D eigenvalue weighted by molar-refractivity contribution is 6.28. The highest BCUT2D eigenvalue weighted by atomic mass is 35.5. The first kappa shape index (κ1) is 85.9. The van der Waals surface area contributed by atoms with Gasteiger partial charge in [-0.05, 0) is 162 Å². The van der Waals surface area contributed by atoms with Crippen LogP contribution in [-0.2, 0) is 27.5 Å². The van der Waals surface area contributed by atoms with Gasteiger partial charge in [0.05, 0.1) is 123 Å². The number of benzene rings is 3. The number of ether oxygens (including phenoxy) is 9. The molecule has 39 nitrogen and oxygen atoms in total. The van der Waals surface area contributed by atoms with E-state index in [1.807, 2.05) is 79.5 Å². The van der Waals surface area contributed by atoms with Crippen molar-refractivity contribution < 1.29 is 61.8 Å². The summed E-state index contributed by atoms with van der Waals surface area (Å²) in [6.45, 7) is 5.43. The molecule has 0 bridgehead atoms. The largest absolute Gasteiger partial charge is 0.493 e. The van der Waals surface area contributed by atoms with Crippen LogP contribution < -0.4 is 97.1 Å². The van der Waals surface area contributed by atoms with Crippen molar-refractivity contribution in [1.29, 1.82) is 0 Å². The van der Waals surface area contributed by atoms with Gasteiger partial charge in [0.25, 0.3) is 0 Å². The summed E-state index contributed by atoms with van der Waals surface area (Å²) >= 11 is 12.2. The van der Waals surface area contributed by atoms with E-state index in [9.17, 15) is 19.2 Å². The highest BCUT2D eigenvalue weighted by Crippen LogP contribution is 2.43. The SMILES string of the molecule is COc1cc(-n2cnc(Nc3nc(Cl)nn4c(C=O)ccc34)c2)cc(OC)c1OC.COc1cc(-n2cnc(Nc3nc(Cl)nn4c(CNCC5CC5)ccc34)c2)cc(OC)c1OC.COc1cc(-n2cnc(Nc3nc(N4CCC[C@H]4C(N)=O)nn4c(CN5CCC[C@H]5C(N)=O)ccc34)c2)cc(OC)c1OC.NC(=O)[C@@H]1CCCN1.NCC1CC1. The Kier molecular flexibility index (Phi) is 27.9. The molecule has 41 heteroatoms. The van der Waals surface area contributed by atoms with Crippen molar-refractivity contribution in [2.24, 2.45) is 34.8 Å². The molecule has 2 saturated carbocycles. The molecule has 17 rings (SSSR count). The Morgan fingerprint density at radius 2 is 0.926 bits per heavy atom. The maximum atomic E-state index is 12.3. The van der Waals surface area contributed by atoms with Gasteiger partial charge >= 0.3 is 0 Å². The van der Waals surface area contributed by atoms with Gasteiger partial charge in [-0.1, -0.05) is 0 Å². The van der Waals surface area contributed by atoms with Gasteiger partial charge in [0.2, 0.25) is 51.5 Å². The van der Waals surface area contributed by atoms with Gasteiger partial charge in [-0.2, -0.15) is 15.0 Å². The number of anilines is 7. The molecular weight excluding hydrogens is 1600 g/mol. The fraction of sp³-hybridized carbons (Fsp3) is 0.388. The zero-order valence-electron chi connectivity index (χ0n) is 68.4. The number of hydrogen-bond acceptors (Lipinski definition) is 30. The normalized spacial score (nSPS) is 16.0. The van der Waals surface area contributed by atoms with E-state index in [0.29, 0.717) is 142 Å². The van der Waals surface area contributed by atoms with Crippen molar-refractivity contribution >= 4 is 105 Å². The van der Waals surface area contributed by atoms with Crippen molar-refractivity contribution in [1.82, 2.24) is 88.0 Å². The molecule has 3 aromatic carbocycles. The maximum absolute atomic E-state index is 12.3. The summed E-state index contributed by atoms with van der Waals surface area (Å²) < 4.78 is 59.4. The second kappa shape index (κ2) is 39.3. The number of imidazole rings is 3. The lowest BCUT2D eigenvalue weighted by Crippen LogP contribution is -2.41. The standard InChI is InChI=1S/C29H36N10O5.C23H26ClN7O3.C19H17ClN6O4.C5H10N2O.C4H9N/c1-42-22-12-18(13-23(43-2)25(22)44-3)37-15-24(32-16-37)33-28-21-9-8-17(14-36-10-4-6-19(36)26(30)40)39(21)35-29(34-28)38-11-5-7-20(38)27(31)41;1-32-18-8-16(9-19(33-2)21(18)34-3)30-12-20(26-13-30)27-22-17-7-6-15(11-25-10-14-4-5-14)31(17)29-23(24)28-22;1-28-14-6-12(7-15(29-2)17(14)30-3)25-8-16(21-10-25)22-18-13-5-4-11(9-27)26(13)24-19(20)23-18;6-5(8)4-2-1-3-7-4;5-3-4-1-2-4/h8-9,12-13,15-16,19-20H,4-7,10-11,14H2,1-3H3,(H2,30,40)(H2,31,41)(H,33,34,35);6-9,12-14,25H,4-5,10-11H2,1-3H3,(H,27,28,29);4-10H,1-3H3,(H,22,23,24);4,7H,1-3H2,(H2,6,8);4H,1-3,5H2/t19-,20-;;;4-;/m0..0./s1. The van der Waals surface area contributed by atoms with Crippen molar-refractivity contribution in [3.63, 3.8) is 0 Å². The summed E-state index contributed by atoms with van der Waals surface area (Å²) in [5, 5.41) is 29.6. The van der Waals surface area contributed by atoms with E-state index in [2.05, 4.69) is 66.6 Å². The number of nitrogens with two attached hydrogens (primary N) is 4. The lowest BCUT2D eigenvalue weighted by Gasteiger charge is -2.24. The molecular formula is C80H98Cl2N26O13. The number of hydrogen-bond donors (Lipinski definition) is 9. The van der Waals surface area contributed by atoms with Crippen LogP contribution in [0.3, 0.4) is 0 Å². The Bertz CT molecular complexity index is 5560. The van der Waals surface area contributed by atoms with Gasteiger partial charge in [-0.25, -0.2) is 28.5 Å². The fourth-order valence-corrected chi connectivity index (χ4v) is 14.6. The average Bonchev–Trinajstić information content (AvgIpc) is 1.64. The quantitative estimate of drug-likeness (QED) is 0.0192. The molecule has 9 aromatic heterocycles. The number of aromatic nitrogens is 15. The summed E-state index contributed by atoms with van der Waals surface area (Å²) in [7, 11) is 14.1. The van der Waals surface area contributed by atoms with Gasteiger partial charge in [-0.3, -0.25) is 24.1 Å². The molecule has 640 valence electrons. The number of carbonyl (C=O) groups is 4. The number of methoxy groups -OCH3 is 9. The predicted octanol–water partition coefficient (Wildman–Crippen LogP) is 8.15. The average molecular weight is 1700 g/mol. The van der Waals surface area contributed by atoms with Crippen LogP contribution in [0.25, 0.3) is 33.6 Å². The lowest BCUT2D eigenvalue weighted by molar-refractivity contribution is -0.122. The molecule has 2 aliphatic carbocycles. The van der Waals surface area contributed by atoms with Gasteiger partial charge in [0.15, 0.2) is 58.2 Å². The van der Waals surface area contributed by atoms with Crippen LogP contribution in [0.1, 0.15) is 86.1 Å². The first-order valence-electron chi connectivity index (χ1n) is 39.0. The Balaban J connectivity index is 0.000000147. The highest BCUT2D eigenvalue weighted by Gasteiger charge is 2.34. The third-order valence-electron chi connectivity index (χ3n) is 20.9. The van der Waals surface area contributed by atoms with Crippen LogP contribution in [0, 0.1) is 11.8 Å². The minimum absolute atomic E-state index is 0.00615. The molecule has 3 atom stereocenters. The Labute approximate surface area is 705 Å². The second-order valence-electron chi connectivity index (χ2n) is 28.7. The predicted molar refractivity (Wildman–Crippen MR) is 452 cm³/mol. The number of amides is 3. The Morgan fingerprint density at radius 1 is 0.496 bits per heavy atom. The minimum Gasteiger partial charge on any atom is -0.493 e. The lowest BCUT2D eigenvalue weighted by atomic mass is 10.2. The van der Waals surface area contributed by atoms with Crippen LogP contribution >= 0.6 is 23.2 Å². The molecule has 12 heterocycles. The van der Waals surface area contributed by atoms with Gasteiger partial charge < -0.3 is 111 Å². The van der Waals surface area contributed by atoms with E-state index >= 15 is 0 Å². The zero-order chi connectivity index (χ0) is 85.5. The third-order valence-corrected chi connectivity index (χ3v) is 21.2. The number of nitrogens with zero attached hydrogens (tertiary/aromatic N) is 17. The first-order chi connectivity index (χ1) is 58.7. The molecule has 5 fully saturated rings. The van der Waals surface area contributed by atoms with Crippen LogP contribution in [0.15, 0.2) is 110 Å². The van der Waals surface area contributed by atoms with E-state index < -0.39 is 11.9 Å². The Morgan fingerprint density at radius 3 is 1.33 bits per heavy atom. The first-order valence-corrected chi connectivity index (χ1v) is 39.8. The summed E-state index contributed by atoms with van der Waals surface area (Å²) in [6, 6.07) is 21.3. The van der Waals surface area contributed by atoms with Gasteiger partial charge in [-0.15, -0.1) is 15.3 Å². The molecule has 0 radical (unpaired) electrons. The summed E-state index contributed by atoms with van der Waals surface area (Å²) in [6.07, 6.45) is 21.5. The monoisotopic (exact) mass is 1700 g/mol. The topological polar surface area (TPSA) is 466 Å². The number of nitrogens with one attached hydrogen (secondary N) is 5. The smallest absolute Gasteiger partial charge is 0.246 e. The van der Waals surface area contributed by atoms with E-state index in [4.69, 9.17) is 98.9 Å². The fourth-order valence-electron chi connectivity index (χ4n) is 14.2. The molecule has 0 unspecified atom stereocenters. The summed E-state index contributed by atoms with van der Waals surface area (Å²) in [5.41, 5.74) is 28.3. The zero-order valence-corrected chi connectivity index (χ0v) is 69.9. The van der Waals surface area contributed by atoms with Crippen LogP contribution in [-0.4, -0.2) is 216 Å². The molecule has 3 aliphatic heterocycles. The number of halogens is 2. The van der Waals surface area contributed by atoms with Crippen molar-refractivity contribution in [3.8, 4) is 68.8 Å². The van der Waals surface area contributed by atoms with Crippen molar-refractivity contribution in [2.45, 2.75) is 95.4 Å². The van der Waals surface area contributed by atoms with Crippen molar-refractivity contribution in [3.05, 3.63) is 138 Å². The molecule has 12 aromatic rings. The van der Waals surface area contributed by atoms with Crippen LogP contribution in [0.4, 0.5) is 40.9 Å². The van der Waals surface area contributed by atoms with Gasteiger partial charge in [0, 0.05) is 56.0 Å². The van der Waals surface area contributed by atoms with E-state index in [-0.39, 0.29) is 34.5 Å². The molecule has 3 amide bonds. The van der Waals surface area contributed by atoms with Crippen molar-refractivity contribution in [2.75, 3.05) is 118 Å². The van der Waals surface area contributed by atoms with Crippen LogP contribution in [0.2, 0.25) is 10.6 Å². The number of aldehydes is 1. The van der Waals surface area contributed by atoms with E-state index in [1.165, 1.54) is 30.2 Å².